The van der Waals surface area contributed by atoms with Crippen LogP contribution < -0.4 is 10.6 Å². The number of hydrogen-bond acceptors (Lipinski definition) is 2. The molecule has 2 aliphatic heterocycles. The van der Waals surface area contributed by atoms with Gasteiger partial charge in [0.25, 0.3) is 0 Å². The lowest BCUT2D eigenvalue weighted by atomic mass is 10.1. The van der Waals surface area contributed by atoms with Gasteiger partial charge in [-0.05, 0) is 6.08 Å². The van der Waals surface area contributed by atoms with E-state index in [-0.39, 0.29) is 17.9 Å². The Labute approximate surface area is 59.5 Å². The zero-order valence-electron chi connectivity index (χ0n) is 5.85. The number of carbonyl (C=O) groups excluding carboxylic acids is 1. The Morgan fingerprint density at radius 1 is 1.70 bits per heavy atom. The monoisotopic (exact) mass is 138 g/mol. The highest BCUT2D eigenvalue weighted by molar-refractivity contribution is 5.85. The highest BCUT2D eigenvalue weighted by Gasteiger charge is 2.36. The first-order valence-corrected chi connectivity index (χ1v) is 3.53. The van der Waals surface area contributed by atoms with Crippen LogP contribution in [0.15, 0.2) is 11.8 Å². The molecule has 0 aliphatic carbocycles. The summed E-state index contributed by atoms with van der Waals surface area (Å²) in [6, 6.07) is 0.271. The molecule has 0 aromatic heterocycles. The minimum absolute atomic E-state index is 0.105. The zero-order valence-corrected chi connectivity index (χ0v) is 5.85. The van der Waals surface area contributed by atoms with E-state index in [0.717, 1.165) is 12.2 Å². The predicted octanol–water partition coefficient (Wildman–Crippen LogP) is -0.392. The first-order valence-electron chi connectivity index (χ1n) is 3.53. The largest absolute Gasteiger partial charge is 0.328 e. The van der Waals surface area contributed by atoms with Crippen molar-refractivity contribution in [3.63, 3.8) is 0 Å². The Morgan fingerprint density at radius 2 is 2.50 bits per heavy atom. The number of nitrogens with one attached hydrogen (secondary N) is 2. The third-order valence-electron chi connectivity index (χ3n) is 2.18. The Bertz CT molecular complexity index is 210. The van der Waals surface area contributed by atoms with Crippen LogP contribution in [0.4, 0.5) is 0 Å². The van der Waals surface area contributed by atoms with E-state index in [1.165, 1.54) is 0 Å². The van der Waals surface area contributed by atoms with E-state index in [9.17, 15) is 4.79 Å². The molecular formula is C7H10N2O. The minimum Gasteiger partial charge on any atom is -0.328 e. The molecule has 2 aliphatic rings. The van der Waals surface area contributed by atoms with Crippen LogP contribution in [0.5, 0.6) is 0 Å². The fourth-order valence-electron chi connectivity index (χ4n) is 1.52. The standard InChI is InChI=1S/C7H10N2O/c1-4-6-5(2-3-8-6)9-7(4)10/h2,4,6,8H,3H2,1H3,(H,9,10)/t4-,6+/m0/s1. The van der Waals surface area contributed by atoms with Crippen molar-refractivity contribution in [3.05, 3.63) is 11.8 Å². The van der Waals surface area contributed by atoms with Crippen molar-refractivity contribution in [2.24, 2.45) is 5.92 Å². The molecule has 0 aromatic rings. The topological polar surface area (TPSA) is 41.1 Å². The molecule has 0 aromatic carbocycles. The average molecular weight is 138 g/mol. The van der Waals surface area contributed by atoms with Gasteiger partial charge in [-0.25, -0.2) is 0 Å². The molecule has 3 nitrogen and oxygen atoms in total. The Balaban J connectivity index is 2.29. The summed E-state index contributed by atoms with van der Waals surface area (Å²) in [7, 11) is 0. The lowest BCUT2D eigenvalue weighted by Gasteiger charge is -2.07. The van der Waals surface area contributed by atoms with Gasteiger partial charge in [0.1, 0.15) is 0 Å². The second-order valence-corrected chi connectivity index (χ2v) is 2.82. The van der Waals surface area contributed by atoms with Gasteiger partial charge in [0.2, 0.25) is 5.91 Å². The molecule has 1 fully saturated rings. The summed E-state index contributed by atoms with van der Waals surface area (Å²) >= 11 is 0. The molecule has 3 heteroatoms. The summed E-state index contributed by atoms with van der Waals surface area (Å²) in [5, 5.41) is 6.05. The van der Waals surface area contributed by atoms with Crippen LogP contribution in [0.2, 0.25) is 0 Å². The smallest absolute Gasteiger partial charge is 0.228 e. The molecule has 0 bridgehead atoms. The highest BCUT2D eigenvalue weighted by atomic mass is 16.2. The van der Waals surface area contributed by atoms with E-state index in [1.807, 2.05) is 13.0 Å². The third-order valence-corrected chi connectivity index (χ3v) is 2.18. The molecule has 2 atom stereocenters. The van der Waals surface area contributed by atoms with Gasteiger partial charge in [-0.15, -0.1) is 0 Å². The maximum absolute atomic E-state index is 11.0. The second kappa shape index (κ2) is 1.83. The summed E-state index contributed by atoms with van der Waals surface area (Å²) in [4.78, 5) is 11.0. The molecule has 1 saturated heterocycles. The molecule has 10 heavy (non-hydrogen) atoms. The highest BCUT2D eigenvalue weighted by Crippen LogP contribution is 2.21. The molecule has 0 spiro atoms. The summed E-state index contributed by atoms with van der Waals surface area (Å²) in [5.74, 6) is 0.247. The van der Waals surface area contributed by atoms with Crippen molar-refractivity contribution >= 4 is 5.91 Å². The predicted molar refractivity (Wildman–Crippen MR) is 37.2 cm³/mol. The molecular weight excluding hydrogens is 128 g/mol. The summed E-state index contributed by atoms with van der Waals surface area (Å²) in [6.07, 6.45) is 2.03. The van der Waals surface area contributed by atoms with Crippen molar-refractivity contribution < 1.29 is 4.79 Å². The van der Waals surface area contributed by atoms with E-state index >= 15 is 0 Å². The number of hydrogen-bond donors (Lipinski definition) is 2. The van der Waals surface area contributed by atoms with E-state index in [1.54, 1.807) is 0 Å². The summed E-state index contributed by atoms with van der Waals surface area (Å²) in [6.45, 7) is 2.84. The van der Waals surface area contributed by atoms with Gasteiger partial charge < -0.3 is 10.6 Å². The Hall–Kier alpha value is -0.830. The number of rotatable bonds is 0. The van der Waals surface area contributed by atoms with Gasteiger partial charge >= 0.3 is 0 Å². The SMILES string of the molecule is C[C@@H]1C(=O)NC2=CCN[C@@H]21. The van der Waals surface area contributed by atoms with Gasteiger partial charge in [0.05, 0.1) is 12.0 Å². The maximum atomic E-state index is 11.0. The average Bonchev–Trinajstić information content (AvgIpc) is 2.41. The van der Waals surface area contributed by atoms with Crippen molar-refractivity contribution in [2.75, 3.05) is 6.54 Å². The quantitative estimate of drug-likeness (QED) is 0.478. The minimum atomic E-state index is 0.105. The first-order chi connectivity index (χ1) is 4.79. The van der Waals surface area contributed by atoms with Crippen LogP contribution in [0.25, 0.3) is 0 Å². The first kappa shape index (κ1) is 5.92. The molecule has 2 heterocycles. The second-order valence-electron chi connectivity index (χ2n) is 2.82. The van der Waals surface area contributed by atoms with Crippen LogP contribution in [-0.4, -0.2) is 18.5 Å². The lowest BCUT2D eigenvalue weighted by molar-refractivity contribution is -0.122. The van der Waals surface area contributed by atoms with E-state index in [4.69, 9.17) is 0 Å². The van der Waals surface area contributed by atoms with E-state index in [0.29, 0.717) is 0 Å². The van der Waals surface area contributed by atoms with Gasteiger partial charge in [-0.3, -0.25) is 4.79 Å². The number of carbonyl (C=O) groups is 1. The lowest BCUT2D eigenvalue weighted by Crippen LogP contribution is -2.29. The zero-order chi connectivity index (χ0) is 7.14. The Kier molecular flexibility index (Phi) is 1.08. The molecule has 0 saturated carbocycles. The summed E-state index contributed by atoms with van der Waals surface area (Å²) < 4.78 is 0. The molecule has 2 rings (SSSR count). The van der Waals surface area contributed by atoms with Gasteiger partial charge in [0, 0.05) is 12.2 Å². The maximum Gasteiger partial charge on any atom is 0.228 e. The summed E-state index contributed by atoms with van der Waals surface area (Å²) in [5.41, 5.74) is 1.07. The number of amides is 1. The van der Waals surface area contributed by atoms with Crippen LogP contribution >= 0.6 is 0 Å². The van der Waals surface area contributed by atoms with Crippen molar-refractivity contribution in [2.45, 2.75) is 13.0 Å². The van der Waals surface area contributed by atoms with E-state index in [2.05, 4.69) is 10.6 Å². The van der Waals surface area contributed by atoms with Crippen LogP contribution in [0, 0.1) is 5.92 Å². The van der Waals surface area contributed by atoms with Crippen molar-refractivity contribution in [1.29, 1.82) is 0 Å². The molecule has 2 N–H and O–H groups in total. The normalized spacial score (nSPS) is 37.3. The molecule has 54 valence electrons. The van der Waals surface area contributed by atoms with Gasteiger partial charge in [0.15, 0.2) is 0 Å². The van der Waals surface area contributed by atoms with Crippen molar-refractivity contribution in [3.8, 4) is 0 Å². The van der Waals surface area contributed by atoms with Crippen LogP contribution in [0.1, 0.15) is 6.92 Å². The van der Waals surface area contributed by atoms with Crippen molar-refractivity contribution in [1.82, 2.24) is 10.6 Å². The number of fused-ring (bicyclic) bond motifs is 1. The van der Waals surface area contributed by atoms with E-state index < -0.39 is 0 Å². The Morgan fingerprint density at radius 3 is 3.20 bits per heavy atom. The molecule has 0 radical (unpaired) electrons. The molecule has 0 unspecified atom stereocenters. The third kappa shape index (κ3) is 0.609. The van der Waals surface area contributed by atoms with Crippen LogP contribution in [-0.2, 0) is 4.79 Å². The van der Waals surface area contributed by atoms with Crippen LogP contribution in [0.3, 0.4) is 0 Å². The van der Waals surface area contributed by atoms with Gasteiger partial charge in [-0.2, -0.15) is 0 Å². The fourth-order valence-corrected chi connectivity index (χ4v) is 1.52. The fraction of sp³-hybridized carbons (Fsp3) is 0.571. The van der Waals surface area contributed by atoms with Gasteiger partial charge in [-0.1, -0.05) is 6.92 Å². The molecule has 1 amide bonds.